The average molecular weight is 322 g/mol. The van der Waals surface area contributed by atoms with Gasteiger partial charge in [-0.25, -0.2) is 4.39 Å². The molecule has 0 unspecified atom stereocenters. The number of ether oxygens (including phenoxy) is 1. The van der Waals surface area contributed by atoms with Gasteiger partial charge in [0.25, 0.3) is 5.19 Å². The van der Waals surface area contributed by atoms with E-state index in [2.05, 4.69) is 4.98 Å². The van der Waals surface area contributed by atoms with Crippen molar-refractivity contribution >= 4 is 27.5 Å². The highest BCUT2D eigenvalue weighted by atomic mass is 32.1. The quantitative estimate of drug-likeness (QED) is 0.869. The molecule has 1 amide bonds. The zero-order chi connectivity index (χ0) is 15.7. The Morgan fingerprint density at radius 2 is 2.14 bits per heavy atom. The Bertz CT molecular complexity index is 678. The first kappa shape index (κ1) is 15.2. The molecule has 2 aromatic rings. The van der Waals surface area contributed by atoms with Gasteiger partial charge in [-0.15, -0.1) is 0 Å². The molecule has 1 saturated heterocycles. The SMILES string of the molecule is CC(C)C(=O)N1CCC(Oc2nc3c(F)cccc3s2)CC1. The molecule has 0 spiro atoms. The second-order valence-electron chi connectivity index (χ2n) is 5.86. The number of amides is 1. The van der Waals surface area contributed by atoms with E-state index >= 15 is 0 Å². The Morgan fingerprint density at radius 3 is 2.77 bits per heavy atom. The maximum Gasteiger partial charge on any atom is 0.274 e. The van der Waals surface area contributed by atoms with Gasteiger partial charge in [0.05, 0.1) is 4.70 Å². The fourth-order valence-corrected chi connectivity index (χ4v) is 3.54. The fraction of sp³-hybridized carbons (Fsp3) is 0.500. The summed E-state index contributed by atoms with van der Waals surface area (Å²) in [6, 6.07) is 4.92. The second kappa shape index (κ2) is 6.20. The summed E-state index contributed by atoms with van der Waals surface area (Å²) in [4.78, 5) is 18.1. The maximum absolute atomic E-state index is 13.6. The van der Waals surface area contributed by atoms with E-state index < -0.39 is 0 Å². The van der Waals surface area contributed by atoms with Crippen molar-refractivity contribution in [2.45, 2.75) is 32.8 Å². The largest absolute Gasteiger partial charge is 0.467 e. The molecule has 1 aliphatic rings. The number of aromatic nitrogens is 1. The number of halogens is 1. The minimum absolute atomic E-state index is 0.0321. The summed E-state index contributed by atoms with van der Waals surface area (Å²) in [6.07, 6.45) is 1.62. The summed E-state index contributed by atoms with van der Waals surface area (Å²) < 4.78 is 20.3. The molecule has 1 fully saturated rings. The molecule has 1 aliphatic heterocycles. The highest BCUT2D eigenvalue weighted by molar-refractivity contribution is 7.20. The van der Waals surface area contributed by atoms with Gasteiger partial charge >= 0.3 is 0 Å². The van der Waals surface area contributed by atoms with E-state index in [1.54, 1.807) is 6.07 Å². The van der Waals surface area contributed by atoms with Crippen LogP contribution >= 0.6 is 11.3 Å². The lowest BCUT2D eigenvalue weighted by atomic mass is 10.1. The van der Waals surface area contributed by atoms with Crippen molar-refractivity contribution in [1.29, 1.82) is 0 Å². The monoisotopic (exact) mass is 322 g/mol. The van der Waals surface area contributed by atoms with Gasteiger partial charge < -0.3 is 9.64 Å². The van der Waals surface area contributed by atoms with Gasteiger partial charge in [-0.1, -0.05) is 31.3 Å². The van der Waals surface area contributed by atoms with Gasteiger partial charge in [-0.2, -0.15) is 4.98 Å². The molecule has 0 radical (unpaired) electrons. The molecule has 0 N–H and O–H groups in total. The number of rotatable bonds is 3. The molecule has 0 saturated carbocycles. The molecule has 0 aliphatic carbocycles. The fourth-order valence-electron chi connectivity index (χ4n) is 2.65. The van der Waals surface area contributed by atoms with Crippen molar-refractivity contribution in [3.05, 3.63) is 24.0 Å². The lowest BCUT2D eigenvalue weighted by Gasteiger charge is -2.32. The molecule has 118 valence electrons. The Kier molecular flexibility index (Phi) is 4.29. The Labute approximate surface area is 132 Å². The van der Waals surface area contributed by atoms with Crippen LogP contribution in [0.3, 0.4) is 0 Å². The van der Waals surface area contributed by atoms with E-state index in [1.807, 2.05) is 24.8 Å². The molecule has 0 atom stereocenters. The number of fused-ring (bicyclic) bond motifs is 1. The summed E-state index contributed by atoms with van der Waals surface area (Å²) in [5.41, 5.74) is 0.370. The topological polar surface area (TPSA) is 42.4 Å². The van der Waals surface area contributed by atoms with Crippen molar-refractivity contribution in [2.24, 2.45) is 5.92 Å². The van der Waals surface area contributed by atoms with Crippen molar-refractivity contribution in [1.82, 2.24) is 9.88 Å². The van der Waals surface area contributed by atoms with Crippen molar-refractivity contribution in [3.63, 3.8) is 0 Å². The Balaban J connectivity index is 1.62. The van der Waals surface area contributed by atoms with Gasteiger partial charge in [0.2, 0.25) is 5.91 Å². The van der Waals surface area contributed by atoms with E-state index in [-0.39, 0.29) is 23.7 Å². The summed E-state index contributed by atoms with van der Waals surface area (Å²) in [5.74, 6) is -0.0915. The zero-order valence-corrected chi connectivity index (χ0v) is 13.5. The molecule has 0 bridgehead atoms. The number of benzene rings is 1. The van der Waals surface area contributed by atoms with Crippen molar-refractivity contribution in [3.8, 4) is 5.19 Å². The summed E-state index contributed by atoms with van der Waals surface area (Å²) in [5, 5.41) is 0.508. The maximum atomic E-state index is 13.6. The van der Waals surface area contributed by atoms with E-state index in [4.69, 9.17) is 4.74 Å². The van der Waals surface area contributed by atoms with Crippen LogP contribution in [0.4, 0.5) is 4.39 Å². The van der Waals surface area contributed by atoms with E-state index in [1.165, 1.54) is 17.4 Å². The van der Waals surface area contributed by atoms with Gasteiger partial charge in [0.15, 0.2) is 0 Å². The molecule has 3 rings (SSSR count). The molecule has 1 aromatic carbocycles. The number of para-hydroxylation sites is 1. The highest BCUT2D eigenvalue weighted by Gasteiger charge is 2.26. The number of thiazole rings is 1. The molecule has 2 heterocycles. The first-order valence-corrected chi connectivity index (χ1v) is 8.36. The van der Waals surface area contributed by atoms with Crippen LogP contribution in [-0.4, -0.2) is 35.0 Å². The third-order valence-electron chi connectivity index (χ3n) is 3.87. The van der Waals surface area contributed by atoms with Gasteiger partial charge in [-0.3, -0.25) is 4.79 Å². The third kappa shape index (κ3) is 3.06. The molecule has 6 heteroatoms. The lowest BCUT2D eigenvalue weighted by molar-refractivity contribution is -0.136. The number of carbonyl (C=O) groups is 1. The Morgan fingerprint density at radius 1 is 1.41 bits per heavy atom. The first-order valence-electron chi connectivity index (χ1n) is 7.55. The molecule has 4 nitrogen and oxygen atoms in total. The predicted molar refractivity (Wildman–Crippen MR) is 84.6 cm³/mol. The molecular weight excluding hydrogens is 303 g/mol. The van der Waals surface area contributed by atoms with Crippen LogP contribution < -0.4 is 4.74 Å². The van der Waals surface area contributed by atoms with Crippen LogP contribution in [-0.2, 0) is 4.79 Å². The standard InChI is InChI=1S/C16H19FN2O2S/c1-10(2)15(20)19-8-6-11(7-9-19)21-16-18-14-12(17)4-3-5-13(14)22-16/h3-5,10-11H,6-9H2,1-2H3. The van der Waals surface area contributed by atoms with Gasteiger partial charge in [0.1, 0.15) is 17.4 Å². The summed E-state index contributed by atoms with van der Waals surface area (Å²) in [6.45, 7) is 5.25. The number of carbonyl (C=O) groups excluding carboxylic acids is 1. The molecule has 22 heavy (non-hydrogen) atoms. The molecular formula is C16H19FN2O2S. The van der Waals surface area contributed by atoms with Crippen LogP contribution in [0.5, 0.6) is 5.19 Å². The zero-order valence-electron chi connectivity index (χ0n) is 12.7. The summed E-state index contributed by atoms with van der Waals surface area (Å²) in [7, 11) is 0. The summed E-state index contributed by atoms with van der Waals surface area (Å²) >= 11 is 1.36. The van der Waals surface area contributed by atoms with Crippen LogP contribution in [0.15, 0.2) is 18.2 Å². The third-order valence-corrected chi connectivity index (χ3v) is 4.78. The normalized spacial score (nSPS) is 16.5. The number of likely N-dealkylation sites (tertiary alicyclic amines) is 1. The number of nitrogens with zero attached hydrogens (tertiary/aromatic N) is 2. The number of piperidine rings is 1. The van der Waals surface area contributed by atoms with Crippen LogP contribution in [0.25, 0.3) is 10.2 Å². The van der Waals surface area contributed by atoms with E-state index in [0.29, 0.717) is 23.8 Å². The van der Waals surface area contributed by atoms with Crippen LogP contribution in [0.2, 0.25) is 0 Å². The van der Waals surface area contributed by atoms with E-state index in [9.17, 15) is 9.18 Å². The number of hydrogen-bond donors (Lipinski definition) is 0. The minimum Gasteiger partial charge on any atom is -0.467 e. The highest BCUT2D eigenvalue weighted by Crippen LogP contribution is 2.31. The van der Waals surface area contributed by atoms with Gasteiger partial charge in [-0.05, 0) is 12.1 Å². The second-order valence-corrected chi connectivity index (χ2v) is 6.86. The van der Waals surface area contributed by atoms with Crippen LogP contribution in [0.1, 0.15) is 26.7 Å². The van der Waals surface area contributed by atoms with Crippen molar-refractivity contribution < 1.29 is 13.9 Å². The average Bonchev–Trinajstić information content (AvgIpc) is 2.91. The smallest absolute Gasteiger partial charge is 0.274 e. The minimum atomic E-state index is -0.319. The van der Waals surface area contributed by atoms with Crippen LogP contribution in [0, 0.1) is 11.7 Å². The van der Waals surface area contributed by atoms with Crippen molar-refractivity contribution in [2.75, 3.05) is 13.1 Å². The van der Waals surface area contributed by atoms with Gasteiger partial charge in [0, 0.05) is 31.8 Å². The lowest BCUT2D eigenvalue weighted by Crippen LogP contribution is -2.43. The number of hydrogen-bond acceptors (Lipinski definition) is 4. The van der Waals surface area contributed by atoms with E-state index in [0.717, 1.165) is 17.5 Å². The molecule has 1 aromatic heterocycles. The Hall–Kier alpha value is -1.69. The predicted octanol–water partition coefficient (Wildman–Crippen LogP) is 3.46. The first-order chi connectivity index (χ1) is 10.5.